The first-order valence-corrected chi connectivity index (χ1v) is 6.83. The van der Waals surface area contributed by atoms with Crippen LogP contribution in [0.3, 0.4) is 0 Å². The third-order valence-electron chi connectivity index (χ3n) is 3.73. The Bertz CT molecular complexity index is 479. The van der Waals surface area contributed by atoms with E-state index >= 15 is 0 Å². The lowest BCUT2D eigenvalue weighted by molar-refractivity contribution is -0.137. The van der Waals surface area contributed by atoms with Crippen LogP contribution in [0.15, 0.2) is 24.3 Å². The molecular weight excluding hydrogens is 258 g/mol. The second-order valence-corrected chi connectivity index (χ2v) is 5.20. The van der Waals surface area contributed by atoms with E-state index in [0.29, 0.717) is 11.5 Å². The molecule has 0 bridgehead atoms. The Balaban J connectivity index is 1.95. The number of rotatable bonds is 6. The summed E-state index contributed by atoms with van der Waals surface area (Å²) in [4.78, 5) is 22.5. The molecule has 0 aromatic heterocycles. The number of aliphatic hydroxyl groups is 1. The van der Waals surface area contributed by atoms with Crippen molar-refractivity contribution in [3.63, 3.8) is 0 Å². The third kappa shape index (κ3) is 3.57. The Morgan fingerprint density at radius 1 is 1.25 bits per heavy atom. The third-order valence-corrected chi connectivity index (χ3v) is 3.73. The number of amides is 1. The van der Waals surface area contributed by atoms with Crippen LogP contribution in [0.25, 0.3) is 0 Å². The molecule has 1 amide bonds. The summed E-state index contributed by atoms with van der Waals surface area (Å²) in [5.74, 6) is -0.792. The zero-order valence-corrected chi connectivity index (χ0v) is 11.2. The zero-order chi connectivity index (χ0) is 14.5. The van der Waals surface area contributed by atoms with Crippen molar-refractivity contribution < 1.29 is 19.8 Å². The number of hydrogen-bond acceptors (Lipinski definition) is 3. The molecule has 108 valence electrons. The Labute approximate surface area is 117 Å². The van der Waals surface area contributed by atoms with Crippen molar-refractivity contribution in [1.82, 2.24) is 5.32 Å². The van der Waals surface area contributed by atoms with Crippen LogP contribution in [0.1, 0.15) is 47.5 Å². The average molecular weight is 277 g/mol. The van der Waals surface area contributed by atoms with Crippen molar-refractivity contribution in [1.29, 1.82) is 0 Å². The normalized spacial score (nSPS) is 16.2. The number of carboxylic acid groups (broad SMARTS) is 1. The van der Waals surface area contributed by atoms with Gasteiger partial charge in [-0.3, -0.25) is 9.59 Å². The van der Waals surface area contributed by atoms with E-state index < -0.39 is 18.6 Å². The highest BCUT2D eigenvalue weighted by molar-refractivity contribution is 5.94. The van der Waals surface area contributed by atoms with Crippen molar-refractivity contribution in [3.05, 3.63) is 35.4 Å². The van der Waals surface area contributed by atoms with E-state index in [1.54, 1.807) is 12.1 Å². The van der Waals surface area contributed by atoms with Gasteiger partial charge < -0.3 is 15.5 Å². The molecule has 0 unspecified atom stereocenters. The SMILES string of the molecule is O=C(O)C[C@@H](CO)NC(=O)c1ccc(C2CCC2)cc1. The Hall–Kier alpha value is -1.88. The second kappa shape index (κ2) is 6.52. The average Bonchev–Trinajstić information content (AvgIpc) is 2.36. The van der Waals surface area contributed by atoms with E-state index in [1.807, 2.05) is 12.1 Å². The summed E-state index contributed by atoms with van der Waals surface area (Å²) < 4.78 is 0. The van der Waals surface area contributed by atoms with E-state index in [2.05, 4.69) is 5.32 Å². The van der Waals surface area contributed by atoms with Crippen molar-refractivity contribution >= 4 is 11.9 Å². The van der Waals surface area contributed by atoms with Gasteiger partial charge in [-0.05, 0) is 36.5 Å². The van der Waals surface area contributed by atoms with Gasteiger partial charge in [-0.15, -0.1) is 0 Å². The highest BCUT2D eigenvalue weighted by atomic mass is 16.4. The lowest BCUT2D eigenvalue weighted by Gasteiger charge is -2.25. The molecule has 5 heteroatoms. The minimum absolute atomic E-state index is 0.289. The maximum Gasteiger partial charge on any atom is 0.305 e. The number of nitrogens with one attached hydrogen (secondary N) is 1. The van der Waals surface area contributed by atoms with Gasteiger partial charge in [-0.25, -0.2) is 0 Å². The lowest BCUT2D eigenvalue weighted by Crippen LogP contribution is -2.39. The standard InChI is InChI=1S/C15H19NO4/c17-9-13(8-14(18)19)16-15(20)12-6-4-11(5-7-12)10-2-1-3-10/h4-7,10,13,17H,1-3,8-9H2,(H,16,20)(H,18,19)/t13-/m0/s1. The summed E-state index contributed by atoms with van der Waals surface area (Å²) in [6.07, 6.45) is 3.39. The highest BCUT2D eigenvalue weighted by Crippen LogP contribution is 2.36. The fourth-order valence-electron chi connectivity index (χ4n) is 2.29. The van der Waals surface area contributed by atoms with E-state index in [-0.39, 0.29) is 12.3 Å². The molecule has 1 atom stereocenters. The highest BCUT2D eigenvalue weighted by Gasteiger charge is 2.20. The molecule has 0 heterocycles. The van der Waals surface area contributed by atoms with Crippen molar-refractivity contribution in [2.75, 3.05) is 6.61 Å². The Morgan fingerprint density at radius 3 is 2.35 bits per heavy atom. The van der Waals surface area contributed by atoms with Crippen LogP contribution in [-0.2, 0) is 4.79 Å². The Morgan fingerprint density at radius 2 is 1.90 bits per heavy atom. The van der Waals surface area contributed by atoms with Gasteiger partial charge in [0.25, 0.3) is 5.91 Å². The summed E-state index contributed by atoms with van der Waals surface area (Å²) in [5.41, 5.74) is 1.73. The van der Waals surface area contributed by atoms with Crippen LogP contribution in [-0.4, -0.2) is 34.7 Å². The lowest BCUT2D eigenvalue weighted by atomic mass is 9.80. The predicted octanol–water partition coefficient (Wildman–Crippen LogP) is 1.52. The van der Waals surface area contributed by atoms with Crippen molar-refractivity contribution in [3.8, 4) is 0 Å². The van der Waals surface area contributed by atoms with Gasteiger partial charge in [0.15, 0.2) is 0 Å². The molecule has 0 spiro atoms. The molecule has 3 N–H and O–H groups in total. The minimum atomic E-state index is -1.05. The number of aliphatic carboxylic acids is 1. The molecule has 1 aromatic carbocycles. The fraction of sp³-hybridized carbons (Fsp3) is 0.467. The first-order valence-electron chi connectivity index (χ1n) is 6.83. The Kier molecular flexibility index (Phi) is 4.74. The van der Waals surface area contributed by atoms with E-state index in [4.69, 9.17) is 10.2 Å². The van der Waals surface area contributed by atoms with Gasteiger partial charge in [-0.2, -0.15) is 0 Å². The van der Waals surface area contributed by atoms with Crippen LogP contribution in [0.4, 0.5) is 0 Å². The second-order valence-electron chi connectivity index (χ2n) is 5.20. The van der Waals surface area contributed by atoms with Gasteiger partial charge in [0.1, 0.15) is 0 Å². The van der Waals surface area contributed by atoms with Crippen molar-refractivity contribution in [2.45, 2.75) is 37.6 Å². The van der Waals surface area contributed by atoms with Crippen molar-refractivity contribution in [2.24, 2.45) is 0 Å². The quantitative estimate of drug-likeness (QED) is 0.735. The molecule has 5 nitrogen and oxygen atoms in total. The number of hydrogen-bond donors (Lipinski definition) is 3. The van der Waals surface area contributed by atoms with Gasteiger partial charge in [-0.1, -0.05) is 18.6 Å². The van der Waals surface area contributed by atoms with Gasteiger partial charge in [0, 0.05) is 5.56 Å². The van der Waals surface area contributed by atoms with Crippen LogP contribution in [0.5, 0.6) is 0 Å². The van der Waals surface area contributed by atoms with Crippen LogP contribution in [0.2, 0.25) is 0 Å². The molecule has 20 heavy (non-hydrogen) atoms. The van der Waals surface area contributed by atoms with Crippen LogP contribution < -0.4 is 5.32 Å². The van der Waals surface area contributed by atoms with E-state index in [0.717, 1.165) is 0 Å². The zero-order valence-electron chi connectivity index (χ0n) is 11.2. The maximum absolute atomic E-state index is 11.9. The molecule has 1 fully saturated rings. The molecule has 1 aliphatic rings. The van der Waals surface area contributed by atoms with Crippen LogP contribution >= 0.6 is 0 Å². The summed E-state index contributed by atoms with van der Waals surface area (Å²) in [7, 11) is 0. The van der Waals surface area contributed by atoms with E-state index in [9.17, 15) is 9.59 Å². The molecule has 1 aliphatic carbocycles. The maximum atomic E-state index is 11.9. The summed E-state index contributed by atoms with van der Waals surface area (Å²) in [5, 5.41) is 20.2. The largest absolute Gasteiger partial charge is 0.481 e. The smallest absolute Gasteiger partial charge is 0.305 e. The van der Waals surface area contributed by atoms with Gasteiger partial charge in [0.2, 0.25) is 0 Å². The van der Waals surface area contributed by atoms with Gasteiger partial charge >= 0.3 is 5.97 Å². The van der Waals surface area contributed by atoms with Crippen LogP contribution in [0, 0.1) is 0 Å². The molecular formula is C15H19NO4. The molecule has 0 radical (unpaired) electrons. The number of aliphatic hydroxyl groups excluding tert-OH is 1. The molecule has 0 aliphatic heterocycles. The molecule has 0 saturated heterocycles. The predicted molar refractivity (Wildman–Crippen MR) is 73.6 cm³/mol. The summed E-state index contributed by atoms with van der Waals surface area (Å²) >= 11 is 0. The monoisotopic (exact) mass is 277 g/mol. The first-order chi connectivity index (χ1) is 9.60. The topological polar surface area (TPSA) is 86.6 Å². The molecule has 1 saturated carbocycles. The minimum Gasteiger partial charge on any atom is -0.481 e. The number of carbonyl (C=O) groups is 2. The number of carbonyl (C=O) groups excluding carboxylic acids is 1. The van der Waals surface area contributed by atoms with Gasteiger partial charge in [0.05, 0.1) is 19.1 Å². The number of carboxylic acids is 1. The van der Waals surface area contributed by atoms with E-state index in [1.165, 1.54) is 24.8 Å². The number of benzene rings is 1. The fourth-order valence-corrected chi connectivity index (χ4v) is 2.29. The molecule has 1 aromatic rings. The summed E-state index contributed by atoms with van der Waals surface area (Å²) in [6, 6.07) is 6.63. The molecule has 2 rings (SSSR count). The summed E-state index contributed by atoms with van der Waals surface area (Å²) in [6.45, 7) is -0.391. The first kappa shape index (κ1) is 14.5.